The topological polar surface area (TPSA) is 38.3 Å². The molecule has 0 bridgehead atoms. The fourth-order valence-electron chi connectivity index (χ4n) is 3.15. The predicted octanol–water partition coefficient (Wildman–Crippen LogP) is 6.45. The molecule has 0 aliphatic carbocycles. The van der Waals surface area contributed by atoms with Crippen LogP contribution in [0, 0.1) is 0 Å². The third-order valence-electron chi connectivity index (χ3n) is 4.82. The molecule has 29 heavy (non-hydrogen) atoms. The normalized spacial score (nSPS) is 11.1. The minimum atomic E-state index is 0.0000571. The van der Waals surface area contributed by atoms with Gasteiger partial charge in [-0.2, -0.15) is 0 Å². The lowest BCUT2D eigenvalue weighted by Gasteiger charge is -2.19. The predicted molar refractivity (Wildman–Crippen MR) is 120 cm³/mol. The van der Waals surface area contributed by atoms with Crippen LogP contribution in [0.1, 0.15) is 39.2 Å². The number of hydrogen-bond donors (Lipinski definition) is 1. The van der Waals surface area contributed by atoms with Crippen molar-refractivity contribution in [2.45, 2.75) is 39.0 Å². The van der Waals surface area contributed by atoms with Crippen LogP contribution in [-0.4, -0.2) is 12.5 Å². The highest BCUT2D eigenvalue weighted by atomic mass is 16.5. The first-order valence-corrected chi connectivity index (χ1v) is 10.1. The van der Waals surface area contributed by atoms with E-state index in [0.717, 1.165) is 22.6 Å². The van der Waals surface area contributed by atoms with Gasteiger partial charge in [0.15, 0.2) is 0 Å². The molecule has 0 saturated heterocycles. The van der Waals surface area contributed by atoms with Gasteiger partial charge in [0.2, 0.25) is 5.91 Å². The van der Waals surface area contributed by atoms with Gasteiger partial charge in [-0.1, -0.05) is 81.4 Å². The van der Waals surface area contributed by atoms with E-state index in [1.165, 1.54) is 5.56 Å². The fourth-order valence-corrected chi connectivity index (χ4v) is 3.15. The highest BCUT2D eigenvalue weighted by Crippen LogP contribution is 2.28. The maximum Gasteiger partial charge on any atom is 0.224 e. The second kappa shape index (κ2) is 9.42. The van der Waals surface area contributed by atoms with Crippen LogP contribution in [0.2, 0.25) is 0 Å². The zero-order valence-corrected chi connectivity index (χ0v) is 17.4. The first-order valence-electron chi connectivity index (χ1n) is 10.1. The SMILES string of the molecule is CC(C)(C)c1ccc(OCCCC(=O)Nc2ccccc2-c2ccccc2)cc1. The van der Waals surface area contributed by atoms with Gasteiger partial charge in [0.05, 0.1) is 6.61 Å². The molecule has 3 rings (SSSR count). The number of ether oxygens (including phenoxy) is 1. The Morgan fingerprint density at radius 3 is 2.21 bits per heavy atom. The number of amides is 1. The molecule has 0 fully saturated rings. The summed E-state index contributed by atoms with van der Waals surface area (Å²) in [5, 5.41) is 3.04. The molecule has 0 radical (unpaired) electrons. The Kier molecular flexibility index (Phi) is 6.71. The summed E-state index contributed by atoms with van der Waals surface area (Å²) < 4.78 is 5.79. The summed E-state index contributed by atoms with van der Waals surface area (Å²) in [7, 11) is 0. The van der Waals surface area contributed by atoms with Crippen molar-refractivity contribution >= 4 is 11.6 Å². The molecule has 3 aromatic carbocycles. The maximum atomic E-state index is 12.4. The highest BCUT2D eigenvalue weighted by molar-refractivity contribution is 5.95. The van der Waals surface area contributed by atoms with E-state index in [-0.39, 0.29) is 11.3 Å². The number of nitrogens with one attached hydrogen (secondary N) is 1. The highest BCUT2D eigenvalue weighted by Gasteiger charge is 2.13. The van der Waals surface area contributed by atoms with Crippen LogP contribution >= 0.6 is 0 Å². The number of hydrogen-bond acceptors (Lipinski definition) is 2. The van der Waals surface area contributed by atoms with E-state index in [9.17, 15) is 4.79 Å². The Hall–Kier alpha value is -3.07. The molecular weight excluding hydrogens is 358 g/mol. The van der Waals surface area contributed by atoms with Crippen molar-refractivity contribution < 1.29 is 9.53 Å². The number of rotatable bonds is 7. The van der Waals surface area contributed by atoms with Crippen molar-refractivity contribution in [1.29, 1.82) is 0 Å². The zero-order chi connectivity index (χ0) is 20.7. The summed E-state index contributed by atoms with van der Waals surface area (Å²) in [6.45, 7) is 7.09. The lowest BCUT2D eigenvalue weighted by molar-refractivity contribution is -0.116. The van der Waals surface area contributed by atoms with Gasteiger partial charge < -0.3 is 10.1 Å². The molecule has 0 aliphatic rings. The zero-order valence-electron chi connectivity index (χ0n) is 17.4. The first-order chi connectivity index (χ1) is 13.9. The summed E-state index contributed by atoms with van der Waals surface area (Å²) in [5.74, 6) is 0.841. The number of benzene rings is 3. The summed E-state index contributed by atoms with van der Waals surface area (Å²) in [4.78, 5) is 12.4. The number of anilines is 1. The van der Waals surface area contributed by atoms with Gasteiger partial charge in [-0.15, -0.1) is 0 Å². The Balaban J connectivity index is 1.49. The van der Waals surface area contributed by atoms with E-state index in [4.69, 9.17) is 4.74 Å². The van der Waals surface area contributed by atoms with Gasteiger partial charge in [-0.25, -0.2) is 0 Å². The molecule has 3 aromatic rings. The molecule has 1 amide bonds. The van der Waals surface area contributed by atoms with Crippen molar-refractivity contribution in [3.63, 3.8) is 0 Å². The number of para-hydroxylation sites is 1. The smallest absolute Gasteiger partial charge is 0.224 e. The molecule has 0 aliphatic heterocycles. The van der Waals surface area contributed by atoms with Crippen molar-refractivity contribution in [2.75, 3.05) is 11.9 Å². The van der Waals surface area contributed by atoms with Crippen LogP contribution in [0.4, 0.5) is 5.69 Å². The summed E-state index contributed by atoms with van der Waals surface area (Å²) >= 11 is 0. The third kappa shape index (κ3) is 5.95. The van der Waals surface area contributed by atoms with Gasteiger partial charge in [-0.3, -0.25) is 4.79 Å². The molecule has 0 heterocycles. The molecule has 3 nitrogen and oxygen atoms in total. The quantitative estimate of drug-likeness (QED) is 0.473. The van der Waals surface area contributed by atoms with E-state index in [1.807, 2.05) is 66.7 Å². The Bertz CT molecular complexity index is 925. The van der Waals surface area contributed by atoms with Crippen LogP contribution < -0.4 is 10.1 Å². The van der Waals surface area contributed by atoms with Crippen LogP contribution in [0.25, 0.3) is 11.1 Å². The van der Waals surface area contributed by atoms with Crippen molar-refractivity contribution in [1.82, 2.24) is 0 Å². The number of carbonyl (C=O) groups is 1. The summed E-state index contributed by atoms with van der Waals surface area (Å²) in [5.41, 5.74) is 4.36. The average molecular weight is 388 g/mol. The molecule has 1 N–H and O–H groups in total. The van der Waals surface area contributed by atoms with E-state index in [1.54, 1.807) is 0 Å². The van der Waals surface area contributed by atoms with E-state index in [0.29, 0.717) is 19.4 Å². The van der Waals surface area contributed by atoms with Crippen LogP contribution in [0.3, 0.4) is 0 Å². The van der Waals surface area contributed by atoms with Gasteiger partial charge in [-0.05, 0) is 41.2 Å². The monoisotopic (exact) mass is 387 g/mol. The summed E-state index contributed by atoms with van der Waals surface area (Å²) in [6.07, 6.45) is 1.09. The molecular formula is C26H29NO2. The Labute approximate surface area is 173 Å². The second-order valence-corrected chi connectivity index (χ2v) is 8.19. The van der Waals surface area contributed by atoms with E-state index < -0.39 is 0 Å². The van der Waals surface area contributed by atoms with E-state index >= 15 is 0 Å². The van der Waals surface area contributed by atoms with Crippen molar-refractivity contribution in [3.05, 3.63) is 84.4 Å². The minimum Gasteiger partial charge on any atom is -0.494 e. The van der Waals surface area contributed by atoms with Crippen molar-refractivity contribution in [3.8, 4) is 16.9 Å². The van der Waals surface area contributed by atoms with Crippen LogP contribution in [0.5, 0.6) is 5.75 Å². The van der Waals surface area contributed by atoms with Crippen molar-refractivity contribution in [2.24, 2.45) is 0 Å². The molecule has 0 saturated carbocycles. The van der Waals surface area contributed by atoms with Crippen LogP contribution in [-0.2, 0) is 10.2 Å². The van der Waals surface area contributed by atoms with Gasteiger partial charge in [0, 0.05) is 17.7 Å². The van der Waals surface area contributed by atoms with E-state index in [2.05, 4.69) is 38.2 Å². The summed E-state index contributed by atoms with van der Waals surface area (Å²) in [6, 6.07) is 26.2. The second-order valence-electron chi connectivity index (χ2n) is 8.19. The third-order valence-corrected chi connectivity index (χ3v) is 4.82. The first kappa shape index (κ1) is 20.7. The Morgan fingerprint density at radius 1 is 0.862 bits per heavy atom. The fraction of sp³-hybridized carbons (Fsp3) is 0.269. The molecule has 0 aromatic heterocycles. The van der Waals surface area contributed by atoms with Gasteiger partial charge in [0.1, 0.15) is 5.75 Å². The minimum absolute atomic E-state index is 0.0000571. The molecule has 0 unspecified atom stereocenters. The van der Waals surface area contributed by atoms with Gasteiger partial charge >= 0.3 is 0 Å². The molecule has 0 atom stereocenters. The van der Waals surface area contributed by atoms with Gasteiger partial charge in [0.25, 0.3) is 0 Å². The number of carbonyl (C=O) groups excluding carboxylic acids is 1. The molecule has 0 spiro atoms. The lowest BCUT2D eigenvalue weighted by atomic mass is 9.87. The van der Waals surface area contributed by atoms with Crippen LogP contribution in [0.15, 0.2) is 78.9 Å². The average Bonchev–Trinajstić information content (AvgIpc) is 2.72. The maximum absolute atomic E-state index is 12.4. The lowest BCUT2D eigenvalue weighted by Crippen LogP contribution is -2.13. The molecule has 3 heteroatoms. The Morgan fingerprint density at radius 2 is 1.52 bits per heavy atom. The standard InChI is InChI=1S/C26H29NO2/c1-26(2,3)21-15-17-22(18-16-21)29-19-9-14-25(28)27-24-13-8-7-12-23(24)20-10-5-4-6-11-20/h4-8,10-13,15-18H,9,14,19H2,1-3H3,(H,27,28). The molecule has 150 valence electrons. The largest absolute Gasteiger partial charge is 0.494 e.